The molecule has 1 atom stereocenters. The van der Waals surface area contributed by atoms with Crippen LogP contribution in [0.3, 0.4) is 0 Å². The number of hydrogen-bond donors (Lipinski definition) is 1. The number of carbonyl (C=O) groups is 2. The van der Waals surface area contributed by atoms with Crippen LogP contribution in [0.25, 0.3) is 0 Å². The molecular formula is C22H17BrN2O7S. The molecule has 170 valence electrons. The lowest BCUT2D eigenvalue weighted by molar-refractivity contribution is -0.385. The third kappa shape index (κ3) is 5.82. The van der Waals surface area contributed by atoms with Crippen LogP contribution >= 0.6 is 15.9 Å². The summed E-state index contributed by atoms with van der Waals surface area (Å²) in [5.74, 6) is -1.34. The Hall–Kier alpha value is -3.57. The van der Waals surface area contributed by atoms with Crippen molar-refractivity contribution in [2.24, 2.45) is 0 Å². The highest BCUT2D eigenvalue weighted by atomic mass is 79.9. The summed E-state index contributed by atoms with van der Waals surface area (Å²) in [6.45, 7) is 1.41. The quantitative estimate of drug-likeness (QED) is 0.194. The Bertz CT molecular complexity index is 1320. The van der Waals surface area contributed by atoms with E-state index in [0.29, 0.717) is 5.56 Å². The van der Waals surface area contributed by atoms with Gasteiger partial charge in [0.15, 0.2) is 6.10 Å². The third-order valence-corrected chi connectivity index (χ3v) is 6.40. The van der Waals surface area contributed by atoms with Crippen LogP contribution in [0.15, 0.2) is 82.2 Å². The number of benzene rings is 3. The lowest BCUT2D eigenvalue weighted by atomic mass is 10.1. The molecule has 9 nitrogen and oxygen atoms in total. The highest BCUT2D eigenvalue weighted by Gasteiger charge is 2.24. The molecule has 3 aromatic rings. The zero-order chi connectivity index (χ0) is 24.2. The van der Waals surface area contributed by atoms with Crippen LogP contribution in [0.4, 0.5) is 11.4 Å². The van der Waals surface area contributed by atoms with Gasteiger partial charge >= 0.3 is 5.97 Å². The number of nitrogens with one attached hydrogen (secondary N) is 1. The lowest BCUT2D eigenvalue weighted by Crippen LogP contribution is -2.25. The maximum Gasteiger partial charge on any atom is 0.340 e. The summed E-state index contributed by atoms with van der Waals surface area (Å²) >= 11 is 3.28. The van der Waals surface area contributed by atoms with E-state index in [4.69, 9.17) is 4.74 Å². The van der Waals surface area contributed by atoms with Crippen molar-refractivity contribution in [3.8, 4) is 0 Å². The van der Waals surface area contributed by atoms with Crippen molar-refractivity contribution in [3.63, 3.8) is 0 Å². The number of non-ortho nitro benzene ring substituents is 1. The van der Waals surface area contributed by atoms with Crippen molar-refractivity contribution in [3.05, 3.63) is 98.5 Å². The molecule has 0 spiro atoms. The molecule has 0 heterocycles. The smallest absolute Gasteiger partial charge is 0.340 e. The van der Waals surface area contributed by atoms with Crippen LogP contribution in [0, 0.1) is 10.1 Å². The molecule has 0 saturated heterocycles. The van der Waals surface area contributed by atoms with E-state index in [2.05, 4.69) is 20.7 Å². The maximum atomic E-state index is 12.8. The number of nitro groups is 1. The minimum Gasteiger partial charge on any atom is -0.451 e. The Morgan fingerprint density at radius 3 is 2.36 bits per heavy atom. The van der Waals surface area contributed by atoms with E-state index in [-0.39, 0.29) is 16.1 Å². The van der Waals surface area contributed by atoms with Gasteiger partial charge in [0, 0.05) is 22.2 Å². The second-order valence-corrected chi connectivity index (χ2v) is 9.42. The molecule has 0 aliphatic rings. The van der Waals surface area contributed by atoms with Crippen LogP contribution in [0.2, 0.25) is 0 Å². The molecule has 0 bridgehead atoms. The Morgan fingerprint density at radius 2 is 1.70 bits per heavy atom. The van der Waals surface area contributed by atoms with E-state index in [1.165, 1.54) is 43.3 Å². The number of Topliss-reactive ketones (excluding diaryl/α,β-unsaturated/α-hetero) is 1. The predicted molar refractivity (Wildman–Crippen MR) is 124 cm³/mol. The fourth-order valence-corrected chi connectivity index (χ4v) is 4.23. The van der Waals surface area contributed by atoms with Crippen molar-refractivity contribution in [2.45, 2.75) is 17.9 Å². The molecule has 0 aliphatic heterocycles. The number of rotatable bonds is 8. The number of anilines is 1. The number of halogens is 1. The van der Waals surface area contributed by atoms with E-state index < -0.39 is 38.5 Å². The van der Waals surface area contributed by atoms with Gasteiger partial charge in [-0.2, -0.15) is 0 Å². The number of hydrogen-bond acceptors (Lipinski definition) is 7. The minimum atomic E-state index is -4.25. The summed E-state index contributed by atoms with van der Waals surface area (Å²) in [5, 5.41) is 11.0. The van der Waals surface area contributed by atoms with Gasteiger partial charge < -0.3 is 4.74 Å². The average Bonchev–Trinajstić information content (AvgIpc) is 2.79. The molecule has 0 amide bonds. The molecule has 0 radical (unpaired) electrons. The Balaban J connectivity index is 1.81. The van der Waals surface area contributed by atoms with Crippen LogP contribution in [0.5, 0.6) is 0 Å². The Kier molecular flexibility index (Phi) is 7.24. The minimum absolute atomic E-state index is 0.0997. The normalized spacial score (nSPS) is 11.9. The van der Waals surface area contributed by atoms with Gasteiger partial charge in [-0.3, -0.25) is 19.6 Å². The number of para-hydroxylation sites is 1. The van der Waals surface area contributed by atoms with Gasteiger partial charge in [-0.15, -0.1) is 0 Å². The number of carbonyl (C=O) groups excluding carboxylic acids is 2. The molecule has 11 heteroatoms. The van der Waals surface area contributed by atoms with Gasteiger partial charge in [0.25, 0.3) is 15.7 Å². The largest absolute Gasteiger partial charge is 0.451 e. The molecule has 1 N–H and O–H groups in total. The van der Waals surface area contributed by atoms with Crippen molar-refractivity contribution < 1.29 is 27.7 Å². The van der Waals surface area contributed by atoms with Crippen molar-refractivity contribution in [1.29, 1.82) is 0 Å². The van der Waals surface area contributed by atoms with Crippen molar-refractivity contribution in [2.75, 3.05) is 4.72 Å². The van der Waals surface area contributed by atoms with Gasteiger partial charge in [-0.1, -0.05) is 46.3 Å². The average molecular weight is 533 g/mol. The zero-order valence-corrected chi connectivity index (χ0v) is 19.5. The van der Waals surface area contributed by atoms with Crippen molar-refractivity contribution >= 4 is 49.1 Å². The summed E-state index contributed by atoms with van der Waals surface area (Å²) in [7, 11) is -4.25. The summed E-state index contributed by atoms with van der Waals surface area (Å²) in [6.07, 6.45) is -1.12. The molecule has 0 fully saturated rings. The Labute approximate surface area is 197 Å². The number of sulfonamides is 1. The highest BCUT2D eigenvalue weighted by molar-refractivity contribution is 9.10. The van der Waals surface area contributed by atoms with Gasteiger partial charge in [0.05, 0.1) is 21.1 Å². The number of ether oxygens (including phenoxy) is 1. The Morgan fingerprint density at radius 1 is 1.03 bits per heavy atom. The monoisotopic (exact) mass is 532 g/mol. The van der Waals surface area contributed by atoms with E-state index in [1.54, 1.807) is 24.3 Å². The molecule has 33 heavy (non-hydrogen) atoms. The van der Waals surface area contributed by atoms with E-state index in [9.17, 15) is 28.1 Å². The number of nitro benzene ring substituents is 1. The second-order valence-electron chi connectivity index (χ2n) is 6.82. The van der Waals surface area contributed by atoms with Crippen molar-refractivity contribution in [1.82, 2.24) is 0 Å². The van der Waals surface area contributed by atoms with Crippen LogP contribution in [0.1, 0.15) is 27.6 Å². The highest BCUT2D eigenvalue weighted by Crippen LogP contribution is 2.24. The zero-order valence-electron chi connectivity index (χ0n) is 17.1. The first-order chi connectivity index (χ1) is 15.6. The molecule has 0 unspecified atom stereocenters. The molecule has 0 aliphatic carbocycles. The fraction of sp³-hybridized carbons (Fsp3) is 0.0909. The molecule has 3 rings (SSSR count). The standard InChI is InChI=1S/C22H17BrN2O7S/c1-14(21(26)15-9-11-16(23)12-10-15)32-22(27)19-7-2-3-8-20(19)24-33(30,31)18-6-4-5-17(13-18)25(28)29/h2-14,24H,1H3/t14-/m0/s1. The summed E-state index contributed by atoms with van der Waals surface area (Å²) in [4.78, 5) is 35.2. The fourth-order valence-electron chi connectivity index (χ4n) is 2.84. The molecule has 0 aromatic heterocycles. The first-order valence-electron chi connectivity index (χ1n) is 9.45. The lowest BCUT2D eigenvalue weighted by Gasteiger charge is -2.15. The summed E-state index contributed by atoms with van der Waals surface area (Å²) in [5.41, 5.74) is -0.275. The molecular weight excluding hydrogens is 516 g/mol. The first kappa shape index (κ1) is 24.1. The topological polar surface area (TPSA) is 133 Å². The van der Waals surface area contributed by atoms with E-state index >= 15 is 0 Å². The third-order valence-electron chi connectivity index (χ3n) is 4.51. The van der Waals surface area contributed by atoms with E-state index in [0.717, 1.165) is 16.6 Å². The summed E-state index contributed by atoms with van der Waals surface area (Å²) < 4.78 is 33.8. The first-order valence-corrected chi connectivity index (χ1v) is 11.7. The van der Waals surface area contributed by atoms with Gasteiger partial charge in [0.1, 0.15) is 0 Å². The van der Waals surface area contributed by atoms with Gasteiger partial charge in [-0.05, 0) is 37.3 Å². The van der Waals surface area contributed by atoms with Crippen LogP contribution in [-0.4, -0.2) is 31.2 Å². The number of esters is 1. The number of nitrogens with zero attached hydrogens (tertiary/aromatic N) is 1. The second kappa shape index (κ2) is 9.92. The van der Waals surface area contributed by atoms with Crippen LogP contribution in [-0.2, 0) is 14.8 Å². The number of ketones is 1. The molecule has 3 aromatic carbocycles. The van der Waals surface area contributed by atoms with Gasteiger partial charge in [0.2, 0.25) is 5.78 Å². The predicted octanol–water partition coefficient (Wildman–Crippen LogP) is 4.59. The van der Waals surface area contributed by atoms with Gasteiger partial charge in [-0.25, -0.2) is 13.2 Å². The maximum absolute atomic E-state index is 12.8. The van der Waals surface area contributed by atoms with E-state index in [1.807, 2.05) is 0 Å². The molecule has 0 saturated carbocycles. The SMILES string of the molecule is C[C@H](OC(=O)c1ccccc1NS(=O)(=O)c1cccc([N+](=O)[O-])c1)C(=O)c1ccc(Br)cc1. The summed E-state index contributed by atoms with van der Waals surface area (Å²) in [6, 6.07) is 16.7. The van der Waals surface area contributed by atoms with Crippen LogP contribution < -0.4 is 4.72 Å².